The summed E-state index contributed by atoms with van der Waals surface area (Å²) in [5.41, 5.74) is 12.6. The van der Waals surface area contributed by atoms with Crippen LogP contribution < -0.4 is 59.9 Å². The molecule has 2 saturated heterocycles. The number of nitrogens with one attached hydrogen (secondary N) is 1. The Morgan fingerprint density at radius 1 is 0.542 bits per heavy atom. The molecule has 0 atom stereocenters. The zero-order valence-electron chi connectivity index (χ0n) is 42.1. The molecule has 0 spiro atoms. The van der Waals surface area contributed by atoms with Crippen molar-refractivity contribution in [1.29, 1.82) is 0 Å². The van der Waals surface area contributed by atoms with E-state index < -0.39 is 11.9 Å². The molecule has 2 heterocycles. The molecule has 7 rings (SSSR count). The second-order valence-corrected chi connectivity index (χ2v) is 16.4. The van der Waals surface area contributed by atoms with Crippen molar-refractivity contribution >= 4 is 63.9 Å². The van der Waals surface area contributed by atoms with Crippen LogP contribution >= 0.6 is 11.6 Å². The van der Waals surface area contributed by atoms with Crippen LogP contribution in [0.1, 0.15) is 75.8 Å². The molecule has 0 radical (unpaired) electrons. The molecule has 2 fully saturated rings. The number of ether oxygens (including phenoxy) is 2. The SMILES string of the molecule is CC(=O)c1ccc(CCC(=O)O)cc1.CC(=O)c1ccc(N)cc1.COc1ccc(N2CCN(C(=O)CCc3ccc(C(C)=O)cc3)CC2)cc1.COc1ccc(N2CCNCC2)cc1.O=C(O)CCl.[Na+].[OH-]. The molecule has 5 aromatic rings. The minimum Gasteiger partial charge on any atom is -0.870 e. The first-order valence-corrected chi connectivity index (χ1v) is 23.4. The van der Waals surface area contributed by atoms with E-state index in [2.05, 4.69) is 39.4 Å². The van der Waals surface area contributed by atoms with E-state index in [-0.39, 0.29) is 70.6 Å². The predicted molar refractivity (Wildman–Crippen MR) is 278 cm³/mol. The molecule has 0 aliphatic carbocycles. The Bertz CT molecular complexity index is 2390. The van der Waals surface area contributed by atoms with Crippen molar-refractivity contribution in [3.63, 3.8) is 0 Å². The van der Waals surface area contributed by atoms with Crippen LogP contribution in [0.25, 0.3) is 0 Å². The van der Waals surface area contributed by atoms with Gasteiger partial charge in [-0.25, -0.2) is 0 Å². The molecule has 2 aliphatic rings. The van der Waals surface area contributed by atoms with Gasteiger partial charge in [-0.1, -0.05) is 48.5 Å². The number of methoxy groups -OCH3 is 2. The first-order chi connectivity index (χ1) is 33.5. The number of carboxylic acids is 2. The quantitative estimate of drug-likeness (QED) is 0.0506. The number of nitrogens with zero attached hydrogens (tertiary/aromatic N) is 3. The third kappa shape index (κ3) is 24.2. The van der Waals surface area contributed by atoms with Crippen LogP contribution in [0.2, 0.25) is 0 Å². The second kappa shape index (κ2) is 35.0. The zero-order valence-corrected chi connectivity index (χ0v) is 44.9. The van der Waals surface area contributed by atoms with Gasteiger partial charge in [0.15, 0.2) is 17.3 Å². The molecule has 16 nitrogen and oxygen atoms in total. The third-order valence-corrected chi connectivity index (χ3v) is 11.3. The van der Waals surface area contributed by atoms with Gasteiger partial charge in [0, 0.05) is 99.0 Å². The van der Waals surface area contributed by atoms with Gasteiger partial charge in [-0.2, -0.15) is 0 Å². The molecular formula is C54H67ClN5NaO11. The van der Waals surface area contributed by atoms with E-state index >= 15 is 0 Å². The van der Waals surface area contributed by atoms with Crippen LogP contribution in [0.15, 0.2) is 121 Å². The van der Waals surface area contributed by atoms with Gasteiger partial charge in [0.05, 0.1) is 14.2 Å². The van der Waals surface area contributed by atoms with Gasteiger partial charge in [0.25, 0.3) is 0 Å². The number of nitrogen functional groups attached to an aromatic ring is 1. The van der Waals surface area contributed by atoms with Crippen LogP contribution in [-0.2, 0) is 27.2 Å². The number of carbonyl (C=O) groups is 6. The van der Waals surface area contributed by atoms with Gasteiger partial charge >= 0.3 is 41.5 Å². The molecule has 0 saturated carbocycles. The molecule has 382 valence electrons. The summed E-state index contributed by atoms with van der Waals surface area (Å²) in [6.45, 7) is 12.1. The Balaban J connectivity index is 0.000000492. The van der Waals surface area contributed by atoms with Gasteiger partial charge in [-0.05, 0) is 118 Å². The topological polar surface area (TPSA) is 239 Å². The molecule has 0 unspecified atom stereocenters. The fraction of sp³-hybridized carbons (Fsp3) is 0.333. The maximum absolute atomic E-state index is 12.5. The number of aliphatic carboxylic acids is 2. The molecule has 18 heteroatoms. The number of hydrogen-bond donors (Lipinski definition) is 4. The molecule has 5 aromatic carbocycles. The van der Waals surface area contributed by atoms with Crippen molar-refractivity contribution in [2.45, 2.75) is 46.5 Å². The third-order valence-electron chi connectivity index (χ3n) is 11.0. The summed E-state index contributed by atoms with van der Waals surface area (Å²) < 4.78 is 10.3. The average Bonchev–Trinajstić information content (AvgIpc) is 3.38. The molecule has 0 aromatic heterocycles. The number of amides is 1. The number of aryl methyl sites for hydroxylation is 2. The Hall–Kier alpha value is -6.27. The molecule has 0 bridgehead atoms. The molecular weight excluding hydrogens is 953 g/mol. The number of benzene rings is 5. The average molecular weight is 1020 g/mol. The van der Waals surface area contributed by atoms with E-state index in [0.717, 1.165) is 80.7 Å². The number of halogens is 1. The number of carbonyl (C=O) groups excluding carboxylic acids is 4. The normalized spacial score (nSPS) is 12.3. The zero-order chi connectivity index (χ0) is 51.4. The Kier molecular flexibility index (Phi) is 30.9. The number of alkyl halides is 1. The molecule has 1 amide bonds. The van der Waals surface area contributed by atoms with Gasteiger partial charge in [0.1, 0.15) is 17.4 Å². The number of ketones is 3. The van der Waals surface area contributed by atoms with E-state index in [1.807, 2.05) is 53.4 Å². The van der Waals surface area contributed by atoms with Gasteiger partial charge in [0.2, 0.25) is 5.91 Å². The molecule has 6 N–H and O–H groups in total. The Morgan fingerprint density at radius 2 is 0.889 bits per heavy atom. The van der Waals surface area contributed by atoms with E-state index in [4.69, 9.17) is 37.0 Å². The number of rotatable bonds is 14. The number of piperazine rings is 2. The first-order valence-electron chi connectivity index (χ1n) is 22.9. The van der Waals surface area contributed by atoms with E-state index in [1.54, 1.807) is 69.7 Å². The summed E-state index contributed by atoms with van der Waals surface area (Å²) in [4.78, 5) is 71.6. The van der Waals surface area contributed by atoms with Crippen LogP contribution in [0.3, 0.4) is 0 Å². The predicted octanol–water partition coefficient (Wildman–Crippen LogP) is 4.80. The van der Waals surface area contributed by atoms with E-state index in [0.29, 0.717) is 41.6 Å². The van der Waals surface area contributed by atoms with E-state index in [9.17, 15) is 28.8 Å². The summed E-state index contributed by atoms with van der Waals surface area (Å²) >= 11 is 4.74. The maximum atomic E-state index is 12.5. The second-order valence-electron chi connectivity index (χ2n) is 16.1. The smallest absolute Gasteiger partial charge is 0.870 e. The van der Waals surface area contributed by atoms with Gasteiger partial charge < -0.3 is 50.9 Å². The number of anilines is 3. The minimum atomic E-state index is -0.980. The molecule has 2 aliphatic heterocycles. The minimum absolute atomic E-state index is 0. The van der Waals surface area contributed by atoms with Crippen molar-refractivity contribution in [1.82, 2.24) is 10.2 Å². The Morgan fingerprint density at radius 3 is 1.22 bits per heavy atom. The number of nitrogens with two attached hydrogens (primary N) is 1. The van der Waals surface area contributed by atoms with Crippen molar-refractivity contribution in [2.24, 2.45) is 0 Å². The summed E-state index contributed by atoms with van der Waals surface area (Å²) in [5.74, 6) is 0.0299. The van der Waals surface area contributed by atoms with Crippen LogP contribution in [-0.4, -0.2) is 128 Å². The largest absolute Gasteiger partial charge is 1.00 e. The maximum Gasteiger partial charge on any atom is 1.00 e. The number of hydrogen-bond acceptors (Lipinski definition) is 13. The Labute approximate surface area is 450 Å². The fourth-order valence-corrected chi connectivity index (χ4v) is 6.91. The van der Waals surface area contributed by atoms with Crippen LogP contribution in [0, 0.1) is 0 Å². The van der Waals surface area contributed by atoms with Crippen LogP contribution in [0.5, 0.6) is 11.5 Å². The van der Waals surface area contributed by atoms with Crippen LogP contribution in [0.4, 0.5) is 17.1 Å². The fourth-order valence-electron chi connectivity index (χ4n) is 6.91. The standard InChI is InChI=1S/C22H26N2O3.C11H16N2O.C11H12O3.C8H9NO.C2H3ClO2.Na.H2O/c1-17(25)19-6-3-18(4-7-19)5-12-22(26)24-15-13-23(14-16-24)20-8-10-21(27-2)11-9-20;1-14-11-4-2-10(3-5-11)13-8-6-12-7-9-13;1-8(12)10-5-2-9(3-6-10)4-7-11(13)14;1-6(10)7-2-4-8(9)5-3-7;3-1-2(4)5;;/h3-4,6-11H,5,12-16H2,1-2H3;2-5,12H,6-9H2,1H3;2-3,5-6H,4,7H2,1H3,(H,13,14);2-5H,9H2,1H3;1H2,(H,4,5);;1H2/q;;;;;+1;/p-1. The summed E-state index contributed by atoms with van der Waals surface area (Å²) in [6.07, 6.45) is 1.84. The summed E-state index contributed by atoms with van der Waals surface area (Å²) in [6, 6.07) is 37.7. The summed E-state index contributed by atoms with van der Waals surface area (Å²) in [5, 5.41) is 19.4. The number of carboxylic acid groups (broad SMARTS) is 2. The van der Waals surface area contributed by atoms with E-state index in [1.165, 1.54) is 19.5 Å². The first kappa shape index (κ1) is 63.7. The van der Waals surface area contributed by atoms with Gasteiger partial charge in [-0.3, -0.25) is 28.8 Å². The van der Waals surface area contributed by atoms with Gasteiger partial charge in [-0.15, -0.1) is 11.6 Å². The monoisotopic (exact) mass is 1020 g/mol. The number of Topliss-reactive ketones (excluding diaryl/α,β-unsaturated/α-hetero) is 3. The van der Waals surface area contributed by atoms with Crippen molar-refractivity contribution in [3.8, 4) is 11.5 Å². The summed E-state index contributed by atoms with van der Waals surface area (Å²) in [7, 11) is 3.36. The van der Waals surface area contributed by atoms with Crippen molar-refractivity contribution in [2.75, 3.05) is 88.0 Å². The van der Waals surface area contributed by atoms with Crippen molar-refractivity contribution in [3.05, 3.63) is 149 Å². The van der Waals surface area contributed by atoms with Crippen molar-refractivity contribution < 1.29 is 83.5 Å². The molecule has 72 heavy (non-hydrogen) atoms.